The Labute approximate surface area is 153 Å². The smallest absolute Gasteiger partial charge is 0.376 e. The standard InChI is InChI=1S/C18H19F3N4O2/c19-18(20,21)17(26)22-8-12-7-11-3-1-2-4-16(11)25(12)9-15-13-10-27-6-5-14(13)23-24-15/h1-4,12H,5-10H2,(H,22,26)(H,23,24). The summed E-state index contributed by atoms with van der Waals surface area (Å²) in [6, 6.07) is 7.42. The van der Waals surface area contributed by atoms with Crippen molar-refractivity contribution < 1.29 is 22.7 Å². The summed E-state index contributed by atoms with van der Waals surface area (Å²) in [5.41, 5.74) is 4.89. The van der Waals surface area contributed by atoms with Gasteiger partial charge in [-0.1, -0.05) is 18.2 Å². The van der Waals surface area contributed by atoms with Gasteiger partial charge in [0.25, 0.3) is 0 Å². The van der Waals surface area contributed by atoms with Crippen LogP contribution >= 0.6 is 0 Å². The number of ether oxygens (including phenoxy) is 1. The van der Waals surface area contributed by atoms with E-state index < -0.39 is 12.1 Å². The molecule has 1 atom stereocenters. The van der Waals surface area contributed by atoms with Crippen LogP contribution in [0.15, 0.2) is 24.3 Å². The maximum Gasteiger partial charge on any atom is 0.471 e. The predicted octanol–water partition coefficient (Wildman–Crippen LogP) is 2.09. The van der Waals surface area contributed by atoms with Crippen LogP contribution in [0.4, 0.5) is 18.9 Å². The molecule has 9 heteroatoms. The third-order valence-electron chi connectivity index (χ3n) is 5.05. The number of nitrogens with one attached hydrogen (secondary N) is 2. The van der Waals surface area contributed by atoms with Gasteiger partial charge in [-0.2, -0.15) is 18.3 Å². The summed E-state index contributed by atoms with van der Waals surface area (Å²) in [7, 11) is 0. The van der Waals surface area contributed by atoms with Crippen LogP contribution in [0.25, 0.3) is 0 Å². The number of aromatic nitrogens is 2. The summed E-state index contributed by atoms with van der Waals surface area (Å²) >= 11 is 0. The van der Waals surface area contributed by atoms with E-state index in [0.29, 0.717) is 26.2 Å². The Bertz CT molecular complexity index is 849. The zero-order chi connectivity index (χ0) is 19.0. The fraction of sp³-hybridized carbons (Fsp3) is 0.444. The number of benzene rings is 1. The van der Waals surface area contributed by atoms with Crippen molar-refractivity contribution in [3.05, 3.63) is 46.8 Å². The number of aromatic amines is 1. The van der Waals surface area contributed by atoms with E-state index in [1.807, 2.05) is 34.5 Å². The van der Waals surface area contributed by atoms with Crippen LogP contribution in [-0.2, 0) is 35.5 Å². The molecule has 2 aliphatic heterocycles. The van der Waals surface area contributed by atoms with Crippen LogP contribution in [0.5, 0.6) is 0 Å². The molecular formula is C18H19F3N4O2. The molecule has 0 bridgehead atoms. The number of H-pyrrole nitrogens is 1. The van der Waals surface area contributed by atoms with Crippen LogP contribution < -0.4 is 10.2 Å². The summed E-state index contributed by atoms with van der Waals surface area (Å²) in [5.74, 6) is -1.91. The first-order valence-corrected chi connectivity index (χ1v) is 8.76. The van der Waals surface area contributed by atoms with Crippen LogP contribution in [0.2, 0.25) is 0 Å². The van der Waals surface area contributed by atoms with Gasteiger partial charge in [-0.3, -0.25) is 9.89 Å². The molecule has 1 unspecified atom stereocenters. The number of nitrogens with zero attached hydrogens (tertiary/aromatic N) is 2. The number of carbonyl (C=O) groups excluding carboxylic acids is 1. The van der Waals surface area contributed by atoms with Gasteiger partial charge in [0.1, 0.15) is 0 Å². The molecule has 6 nitrogen and oxygen atoms in total. The normalized spacial score (nSPS) is 18.9. The van der Waals surface area contributed by atoms with Crippen molar-refractivity contribution in [2.24, 2.45) is 0 Å². The number of hydrogen-bond acceptors (Lipinski definition) is 4. The van der Waals surface area contributed by atoms with Crippen LogP contribution in [-0.4, -0.2) is 41.5 Å². The van der Waals surface area contributed by atoms with Gasteiger partial charge in [0.05, 0.1) is 31.5 Å². The topological polar surface area (TPSA) is 70.2 Å². The van der Waals surface area contributed by atoms with Crippen molar-refractivity contribution in [2.75, 3.05) is 18.1 Å². The van der Waals surface area contributed by atoms with Crippen molar-refractivity contribution >= 4 is 11.6 Å². The van der Waals surface area contributed by atoms with Crippen molar-refractivity contribution in [3.63, 3.8) is 0 Å². The number of carbonyl (C=O) groups is 1. The van der Waals surface area contributed by atoms with Crippen molar-refractivity contribution in [3.8, 4) is 0 Å². The molecule has 0 saturated carbocycles. The molecular weight excluding hydrogens is 361 g/mol. The molecule has 0 radical (unpaired) electrons. The lowest BCUT2D eigenvalue weighted by atomic mass is 10.1. The highest BCUT2D eigenvalue weighted by Gasteiger charge is 2.39. The second kappa shape index (κ2) is 6.88. The predicted molar refractivity (Wildman–Crippen MR) is 91.1 cm³/mol. The number of hydrogen-bond donors (Lipinski definition) is 2. The Balaban J connectivity index is 1.55. The van der Waals surface area contributed by atoms with Gasteiger partial charge in [0, 0.05) is 29.9 Å². The minimum Gasteiger partial charge on any atom is -0.376 e. The summed E-state index contributed by atoms with van der Waals surface area (Å²) < 4.78 is 43.1. The molecule has 1 aromatic heterocycles. The molecule has 0 saturated heterocycles. The van der Waals surface area contributed by atoms with E-state index in [0.717, 1.165) is 34.6 Å². The van der Waals surface area contributed by atoms with E-state index in [4.69, 9.17) is 4.74 Å². The maximum atomic E-state index is 12.5. The Kier molecular flexibility index (Phi) is 4.55. The maximum absolute atomic E-state index is 12.5. The Morgan fingerprint density at radius 2 is 2.19 bits per heavy atom. The average molecular weight is 380 g/mol. The van der Waals surface area contributed by atoms with E-state index in [9.17, 15) is 18.0 Å². The summed E-state index contributed by atoms with van der Waals surface area (Å²) in [4.78, 5) is 13.2. The van der Waals surface area contributed by atoms with E-state index in [1.165, 1.54) is 0 Å². The molecule has 2 aromatic rings. The largest absolute Gasteiger partial charge is 0.471 e. The fourth-order valence-electron chi connectivity index (χ4n) is 3.69. The number of fused-ring (bicyclic) bond motifs is 2. The van der Waals surface area contributed by atoms with Gasteiger partial charge >= 0.3 is 12.1 Å². The SMILES string of the molecule is O=C(NCC1Cc2ccccc2N1Cc1n[nH]c2c1COCC2)C(F)(F)F. The zero-order valence-corrected chi connectivity index (χ0v) is 14.5. The molecule has 2 N–H and O–H groups in total. The number of halogens is 3. The lowest BCUT2D eigenvalue weighted by molar-refractivity contribution is -0.173. The number of amides is 1. The van der Waals surface area contributed by atoms with Crippen LogP contribution in [0, 0.1) is 0 Å². The second-order valence-corrected chi connectivity index (χ2v) is 6.75. The number of rotatable bonds is 4. The average Bonchev–Trinajstić information content (AvgIpc) is 3.21. The zero-order valence-electron chi connectivity index (χ0n) is 14.5. The minimum absolute atomic E-state index is 0.0872. The minimum atomic E-state index is -4.88. The number of alkyl halides is 3. The Morgan fingerprint density at radius 1 is 1.37 bits per heavy atom. The van der Waals surface area contributed by atoms with Gasteiger partial charge in [0.15, 0.2) is 0 Å². The lowest BCUT2D eigenvalue weighted by Crippen LogP contribution is -2.46. The fourth-order valence-corrected chi connectivity index (χ4v) is 3.69. The van der Waals surface area contributed by atoms with Crippen molar-refractivity contribution in [2.45, 2.75) is 38.2 Å². The van der Waals surface area contributed by atoms with E-state index in [2.05, 4.69) is 10.2 Å². The van der Waals surface area contributed by atoms with Crippen molar-refractivity contribution in [1.29, 1.82) is 0 Å². The quantitative estimate of drug-likeness (QED) is 0.852. The molecule has 3 heterocycles. The molecule has 2 aliphatic rings. The summed E-state index contributed by atoms with van der Waals surface area (Å²) in [6.45, 7) is 1.48. The second-order valence-electron chi connectivity index (χ2n) is 6.75. The Hall–Kier alpha value is -2.55. The third kappa shape index (κ3) is 3.51. The van der Waals surface area contributed by atoms with E-state index in [-0.39, 0.29) is 12.6 Å². The number of anilines is 1. The third-order valence-corrected chi connectivity index (χ3v) is 5.05. The highest BCUT2D eigenvalue weighted by Crippen LogP contribution is 2.34. The molecule has 27 heavy (non-hydrogen) atoms. The van der Waals surface area contributed by atoms with Gasteiger partial charge < -0.3 is 15.0 Å². The highest BCUT2D eigenvalue weighted by atomic mass is 19.4. The van der Waals surface area contributed by atoms with E-state index in [1.54, 1.807) is 0 Å². The van der Waals surface area contributed by atoms with Crippen molar-refractivity contribution in [1.82, 2.24) is 15.5 Å². The first-order chi connectivity index (χ1) is 12.9. The number of para-hydroxylation sites is 1. The highest BCUT2D eigenvalue weighted by molar-refractivity contribution is 5.81. The Morgan fingerprint density at radius 3 is 3.00 bits per heavy atom. The molecule has 0 aliphatic carbocycles. The molecule has 4 rings (SSSR count). The van der Waals surface area contributed by atoms with Gasteiger partial charge in [0.2, 0.25) is 0 Å². The van der Waals surface area contributed by atoms with Crippen LogP contribution in [0.3, 0.4) is 0 Å². The van der Waals surface area contributed by atoms with Gasteiger partial charge in [-0.25, -0.2) is 0 Å². The van der Waals surface area contributed by atoms with E-state index >= 15 is 0 Å². The monoisotopic (exact) mass is 380 g/mol. The van der Waals surface area contributed by atoms with Crippen LogP contribution in [0.1, 0.15) is 22.5 Å². The summed E-state index contributed by atoms with van der Waals surface area (Å²) in [5, 5.41) is 9.44. The molecule has 1 aromatic carbocycles. The molecule has 1 amide bonds. The van der Waals surface area contributed by atoms with Gasteiger partial charge in [-0.15, -0.1) is 0 Å². The lowest BCUT2D eigenvalue weighted by Gasteiger charge is -2.28. The van der Waals surface area contributed by atoms with Gasteiger partial charge in [-0.05, 0) is 18.1 Å². The molecule has 0 fully saturated rings. The molecule has 0 spiro atoms. The molecule has 144 valence electrons. The first-order valence-electron chi connectivity index (χ1n) is 8.76. The summed E-state index contributed by atoms with van der Waals surface area (Å²) in [6.07, 6.45) is -3.55. The first kappa shape index (κ1) is 17.8.